The van der Waals surface area contributed by atoms with Gasteiger partial charge in [0.2, 0.25) is 23.3 Å². The lowest BCUT2D eigenvalue weighted by Crippen LogP contribution is -1.93. The third-order valence-electron chi connectivity index (χ3n) is 1.24. The van der Waals surface area contributed by atoms with Gasteiger partial charge in [-0.3, -0.25) is 0 Å². The topological polar surface area (TPSA) is 9.23 Å². The van der Waals surface area contributed by atoms with E-state index in [2.05, 4.69) is 4.74 Å². The molecule has 0 aromatic carbocycles. The molecule has 0 rings (SSSR count). The molecule has 0 saturated heterocycles. The second-order valence-corrected chi connectivity index (χ2v) is 2.43. The highest BCUT2D eigenvalue weighted by atomic mass is 19.3. The number of hydrogen-bond donors (Lipinski definition) is 0. The lowest BCUT2D eigenvalue weighted by molar-refractivity contribution is 0.130. The minimum absolute atomic E-state index is 2.78. The number of rotatable bonds is 4. The van der Waals surface area contributed by atoms with Crippen molar-refractivity contribution in [1.29, 1.82) is 0 Å². The molecular weight excluding hydrogens is 302 g/mol. The molecule has 0 radical (unpaired) electrons. The van der Waals surface area contributed by atoms with Crippen molar-refractivity contribution in [1.82, 2.24) is 0 Å². The Morgan fingerprint density at radius 1 is 0.421 bits per heavy atom. The first-order valence-corrected chi connectivity index (χ1v) is 3.80. The van der Waals surface area contributed by atoms with Crippen LogP contribution >= 0.6 is 0 Å². The average Bonchev–Trinajstić information content (AvgIpc) is 2.34. The van der Waals surface area contributed by atoms with E-state index in [9.17, 15) is 43.9 Å². The van der Waals surface area contributed by atoms with Crippen LogP contribution in [0.3, 0.4) is 0 Å². The zero-order valence-electron chi connectivity index (χ0n) is 8.19. The fourth-order valence-corrected chi connectivity index (χ4v) is 0.507. The Morgan fingerprint density at radius 3 is 0.895 bits per heavy atom. The lowest BCUT2D eigenvalue weighted by Gasteiger charge is -2.01. The molecule has 0 saturated carbocycles. The van der Waals surface area contributed by atoms with E-state index in [1.165, 1.54) is 0 Å². The molecule has 1 nitrogen and oxygen atoms in total. The van der Waals surface area contributed by atoms with E-state index >= 15 is 0 Å². The van der Waals surface area contributed by atoms with E-state index in [1.54, 1.807) is 0 Å². The summed E-state index contributed by atoms with van der Waals surface area (Å²) in [6, 6.07) is -6.13. The molecule has 0 heterocycles. The van der Waals surface area contributed by atoms with Crippen molar-refractivity contribution < 1.29 is 48.6 Å². The number of halogens is 10. The molecule has 0 atom stereocenters. The predicted octanol–water partition coefficient (Wildman–Crippen LogP) is 5.37. The Morgan fingerprint density at radius 2 is 0.684 bits per heavy atom. The van der Waals surface area contributed by atoms with Gasteiger partial charge >= 0.3 is 24.2 Å². The Hall–Kier alpha value is -1.94. The molecule has 0 aromatic heterocycles. The molecule has 0 amide bonds. The summed E-state index contributed by atoms with van der Waals surface area (Å²) in [4.78, 5) is 0. The van der Waals surface area contributed by atoms with Gasteiger partial charge in [-0.1, -0.05) is 0 Å². The lowest BCUT2D eigenvalue weighted by atomic mass is 10.5. The van der Waals surface area contributed by atoms with Gasteiger partial charge in [0.1, 0.15) is 0 Å². The first-order chi connectivity index (χ1) is 8.59. The molecule has 0 aromatic rings. The number of ether oxygens (including phenoxy) is 1. The highest BCUT2D eigenvalue weighted by Crippen LogP contribution is 2.29. The molecule has 108 valence electrons. The molecule has 11 heteroatoms. The third-order valence-corrected chi connectivity index (χ3v) is 1.24. The number of hydrogen-bond acceptors (Lipinski definition) is 1. The molecule has 0 unspecified atom stereocenters. The highest BCUT2D eigenvalue weighted by molar-refractivity contribution is 5.23. The number of allylic oxidation sites excluding steroid dienone is 4. The summed E-state index contributed by atoms with van der Waals surface area (Å²) in [5, 5.41) is 0. The first kappa shape index (κ1) is 17.1. The monoisotopic (exact) mass is 302 g/mol. The summed E-state index contributed by atoms with van der Waals surface area (Å²) in [6.45, 7) is 0. The van der Waals surface area contributed by atoms with Gasteiger partial charge in [0.05, 0.1) is 0 Å². The van der Waals surface area contributed by atoms with E-state index in [0.717, 1.165) is 0 Å². The normalized spacial score (nSPS) is 13.4. The van der Waals surface area contributed by atoms with Gasteiger partial charge < -0.3 is 4.74 Å². The molecule has 0 fully saturated rings. The van der Waals surface area contributed by atoms with Crippen LogP contribution in [0.4, 0.5) is 43.9 Å². The largest absolute Gasteiger partial charge is 0.399 e. The van der Waals surface area contributed by atoms with Gasteiger partial charge in [-0.15, -0.1) is 0 Å². The van der Waals surface area contributed by atoms with Gasteiger partial charge in [-0.05, 0) is 0 Å². The predicted molar refractivity (Wildman–Crippen MR) is 40.3 cm³/mol. The minimum Gasteiger partial charge on any atom is -0.399 e. The Balaban J connectivity index is 5.39. The van der Waals surface area contributed by atoms with Crippen LogP contribution in [0, 0.1) is 0 Å². The second-order valence-electron chi connectivity index (χ2n) is 2.43. The maximum Gasteiger partial charge on any atom is 0.319 e. The van der Waals surface area contributed by atoms with E-state index in [-0.39, 0.29) is 0 Å². The Bertz CT molecular complexity index is 434. The van der Waals surface area contributed by atoms with E-state index in [4.69, 9.17) is 0 Å². The van der Waals surface area contributed by atoms with Crippen molar-refractivity contribution in [3.05, 3.63) is 47.5 Å². The quantitative estimate of drug-likeness (QED) is 0.385. The van der Waals surface area contributed by atoms with Crippen LogP contribution in [0.25, 0.3) is 0 Å². The zero-order valence-corrected chi connectivity index (χ0v) is 8.19. The van der Waals surface area contributed by atoms with Crippen LogP contribution in [0.15, 0.2) is 47.5 Å². The van der Waals surface area contributed by atoms with E-state index < -0.39 is 47.5 Å². The summed E-state index contributed by atoms with van der Waals surface area (Å²) < 4.78 is 122. The summed E-state index contributed by atoms with van der Waals surface area (Å²) >= 11 is 0. The van der Waals surface area contributed by atoms with E-state index in [1.807, 2.05) is 0 Å². The molecule has 0 bridgehead atoms. The standard InChI is InChI=1S/C8F10O/c9-1(5(13)14)3(11)7(17)19-8(18)4(12)2(10)6(15)16. The molecule has 0 N–H and O–H groups in total. The summed E-state index contributed by atoms with van der Waals surface area (Å²) in [7, 11) is 0. The van der Waals surface area contributed by atoms with Gasteiger partial charge in [0.25, 0.3) is 0 Å². The summed E-state index contributed by atoms with van der Waals surface area (Å²) in [5.74, 6) is -12.3. The van der Waals surface area contributed by atoms with Gasteiger partial charge in [-0.2, -0.15) is 43.9 Å². The van der Waals surface area contributed by atoms with Crippen molar-refractivity contribution in [3.8, 4) is 0 Å². The third kappa shape index (κ3) is 4.67. The van der Waals surface area contributed by atoms with Gasteiger partial charge in [0.15, 0.2) is 0 Å². The molecular formula is C8F10O. The maximum atomic E-state index is 12.4. The molecule has 0 aliphatic heterocycles. The van der Waals surface area contributed by atoms with E-state index in [0.29, 0.717) is 0 Å². The summed E-state index contributed by atoms with van der Waals surface area (Å²) in [6.07, 6.45) is -6.72. The van der Waals surface area contributed by atoms with Crippen LogP contribution in [-0.2, 0) is 4.74 Å². The second kappa shape index (κ2) is 6.85. The van der Waals surface area contributed by atoms with Crippen molar-refractivity contribution in [3.63, 3.8) is 0 Å². The van der Waals surface area contributed by atoms with Crippen molar-refractivity contribution in [2.75, 3.05) is 0 Å². The van der Waals surface area contributed by atoms with Gasteiger partial charge in [-0.25, -0.2) is 0 Å². The molecule has 0 aliphatic rings. The Kier molecular flexibility index (Phi) is 6.15. The van der Waals surface area contributed by atoms with Crippen LogP contribution in [-0.4, -0.2) is 0 Å². The van der Waals surface area contributed by atoms with Gasteiger partial charge in [0, 0.05) is 0 Å². The highest BCUT2D eigenvalue weighted by Gasteiger charge is 2.24. The molecule has 0 spiro atoms. The van der Waals surface area contributed by atoms with Crippen LogP contribution in [0.1, 0.15) is 0 Å². The van der Waals surface area contributed by atoms with Crippen LogP contribution in [0.2, 0.25) is 0 Å². The zero-order chi connectivity index (χ0) is 15.3. The fourth-order valence-electron chi connectivity index (χ4n) is 0.507. The molecule has 0 aliphatic carbocycles. The van der Waals surface area contributed by atoms with Crippen LogP contribution in [0.5, 0.6) is 0 Å². The van der Waals surface area contributed by atoms with Crippen LogP contribution < -0.4 is 0 Å². The smallest absolute Gasteiger partial charge is 0.319 e. The maximum absolute atomic E-state index is 12.4. The minimum atomic E-state index is -3.36. The first-order valence-electron chi connectivity index (χ1n) is 3.80. The van der Waals surface area contributed by atoms with Crippen molar-refractivity contribution >= 4 is 0 Å². The summed E-state index contributed by atoms with van der Waals surface area (Å²) in [5.41, 5.74) is 0. The molecule has 19 heavy (non-hydrogen) atoms. The van der Waals surface area contributed by atoms with Crippen molar-refractivity contribution in [2.45, 2.75) is 0 Å². The average molecular weight is 302 g/mol. The van der Waals surface area contributed by atoms with Crippen molar-refractivity contribution in [2.24, 2.45) is 0 Å². The Labute approximate surface area is 97.3 Å². The SMILES string of the molecule is FC(F)=C(F)C(F)=C(F)OC(F)=C(F)C(F)=C(F)F. The fraction of sp³-hybridized carbons (Fsp3) is 0.